The van der Waals surface area contributed by atoms with Crippen molar-refractivity contribution >= 4 is 27.7 Å². The minimum atomic E-state index is -0.272. The van der Waals surface area contributed by atoms with Crippen LogP contribution in [0.5, 0.6) is 0 Å². The Morgan fingerprint density at radius 1 is 1.33 bits per heavy atom. The zero-order valence-electron chi connectivity index (χ0n) is 9.54. The van der Waals surface area contributed by atoms with E-state index in [-0.39, 0.29) is 5.69 Å². The predicted octanol–water partition coefficient (Wildman–Crippen LogP) is 3.27. The first-order chi connectivity index (χ1) is 8.70. The Morgan fingerprint density at radius 3 is 2.67 bits per heavy atom. The third kappa shape index (κ3) is 3.11. The van der Waals surface area contributed by atoms with Crippen LogP contribution < -0.4 is 5.69 Å². The molecule has 5 heteroatoms. The molecule has 0 unspecified atom stereocenters. The van der Waals surface area contributed by atoms with Gasteiger partial charge in [-0.15, -0.1) is 18.3 Å². The predicted molar refractivity (Wildman–Crippen MR) is 78.5 cm³/mol. The molecule has 0 aliphatic heterocycles. The summed E-state index contributed by atoms with van der Waals surface area (Å²) >= 11 is 4.85. The first-order valence-electron chi connectivity index (χ1n) is 5.30. The Bertz CT molecular complexity index is 607. The second kappa shape index (κ2) is 6.02. The monoisotopic (exact) mass is 322 g/mol. The van der Waals surface area contributed by atoms with Crippen molar-refractivity contribution in [2.45, 2.75) is 5.03 Å². The molecule has 0 radical (unpaired) electrons. The van der Waals surface area contributed by atoms with E-state index >= 15 is 0 Å². The molecule has 0 N–H and O–H groups in total. The van der Waals surface area contributed by atoms with Gasteiger partial charge in [-0.2, -0.15) is 4.98 Å². The highest BCUT2D eigenvalue weighted by Gasteiger charge is 2.02. The minimum absolute atomic E-state index is 0.272. The van der Waals surface area contributed by atoms with Gasteiger partial charge in [0.15, 0.2) is 0 Å². The van der Waals surface area contributed by atoms with Crippen molar-refractivity contribution in [2.75, 3.05) is 5.75 Å². The Kier molecular flexibility index (Phi) is 4.38. The standard InChI is InChI=1S/C13H11BrN2OS/c1-2-9-18-12-7-8-16(13(17)15-12)11-5-3-10(14)4-6-11/h2-8H,1,9H2. The molecule has 0 saturated carbocycles. The van der Waals surface area contributed by atoms with E-state index in [1.807, 2.05) is 30.3 Å². The number of rotatable bonds is 4. The summed E-state index contributed by atoms with van der Waals surface area (Å²) in [7, 11) is 0. The van der Waals surface area contributed by atoms with Gasteiger partial charge in [-0.05, 0) is 30.3 Å². The highest BCUT2D eigenvalue weighted by Crippen LogP contribution is 2.15. The molecule has 0 aliphatic rings. The zero-order chi connectivity index (χ0) is 13.0. The molecule has 1 heterocycles. The van der Waals surface area contributed by atoms with Gasteiger partial charge < -0.3 is 0 Å². The molecule has 1 aromatic heterocycles. The minimum Gasteiger partial charge on any atom is -0.268 e. The SMILES string of the molecule is C=CCSc1ccn(-c2ccc(Br)cc2)c(=O)n1. The van der Waals surface area contributed by atoms with E-state index in [1.54, 1.807) is 12.3 Å². The molecular formula is C13H11BrN2OS. The van der Waals surface area contributed by atoms with Crippen molar-refractivity contribution in [2.24, 2.45) is 0 Å². The normalized spacial score (nSPS) is 10.3. The van der Waals surface area contributed by atoms with E-state index in [2.05, 4.69) is 27.5 Å². The van der Waals surface area contributed by atoms with Gasteiger partial charge in [0.1, 0.15) is 5.03 Å². The van der Waals surface area contributed by atoms with Gasteiger partial charge in [0, 0.05) is 16.4 Å². The van der Waals surface area contributed by atoms with Crippen molar-refractivity contribution in [1.82, 2.24) is 9.55 Å². The van der Waals surface area contributed by atoms with E-state index in [0.717, 1.165) is 15.9 Å². The van der Waals surface area contributed by atoms with Gasteiger partial charge >= 0.3 is 5.69 Å². The second-order valence-electron chi connectivity index (χ2n) is 3.49. The van der Waals surface area contributed by atoms with Gasteiger partial charge in [0.2, 0.25) is 0 Å². The molecule has 0 fully saturated rings. The molecule has 0 saturated heterocycles. The van der Waals surface area contributed by atoms with Crippen molar-refractivity contribution in [3.63, 3.8) is 0 Å². The van der Waals surface area contributed by atoms with Crippen molar-refractivity contribution in [3.8, 4) is 5.69 Å². The average molecular weight is 323 g/mol. The molecule has 92 valence electrons. The lowest BCUT2D eigenvalue weighted by molar-refractivity contribution is 0.867. The summed E-state index contributed by atoms with van der Waals surface area (Å²) in [5, 5.41) is 0.716. The van der Waals surface area contributed by atoms with Crippen LogP contribution in [-0.2, 0) is 0 Å². The van der Waals surface area contributed by atoms with Crippen LogP contribution in [0.3, 0.4) is 0 Å². The first-order valence-corrected chi connectivity index (χ1v) is 7.08. The number of halogens is 1. The van der Waals surface area contributed by atoms with Gasteiger partial charge in [-0.25, -0.2) is 4.79 Å². The molecule has 3 nitrogen and oxygen atoms in total. The fourth-order valence-corrected chi connectivity index (χ4v) is 2.26. The highest BCUT2D eigenvalue weighted by atomic mass is 79.9. The van der Waals surface area contributed by atoms with Gasteiger partial charge in [0.25, 0.3) is 0 Å². The highest BCUT2D eigenvalue weighted by molar-refractivity contribution is 9.10. The topological polar surface area (TPSA) is 34.9 Å². The summed E-state index contributed by atoms with van der Waals surface area (Å²) in [4.78, 5) is 15.9. The molecule has 2 aromatic rings. The van der Waals surface area contributed by atoms with Crippen LogP contribution in [0.4, 0.5) is 0 Å². The summed E-state index contributed by atoms with van der Waals surface area (Å²) in [5.41, 5.74) is 0.530. The smallest absolute Gasteiger partial charge is 0.268 e. The largest absolute Gasteiger partial charge is 0.353 e. The first kappa shape index (κ1) is 13.1. The summed E-state index contributed by atoms with van der Waals surface area (Å²) in [6, 6.07) is 9.34. The van der Waals surface area contributed by atoms with Crippen molar-refractivity contribution in [3.05, 3.63) is 64.1 Å². The van der Waals surface area contributed by atoms with E-state index in [9.17, 15) is 4.79 Å². The number of benzene rings is 1. The molecule has 0 aliphatic carbocycles. The van der Waals surface area contributed by atoms with Crippen molar-refractivity contribution < 1.29 is 0 Å². The summed E-state index contributed by atoms with van der Waals surface area (Å²) in [6.07, 6.45) is 3.52. The Labute approximate surface area is 118 Å². The molecule has 1 aromatic carbocycles. The van der Waals surface area contributed by atoms with E-state index < -0.39 is 0 Å². The lowest BCUT2D eigenvalue weighted by Crippen LogP contribution is -2.20. The molecule has 0 amide bonds. The Hall–Kier alpha value is -1.33. The quantitative estimate of drug-likeness (QED) is 0.492. The van der Waals surface area contributed by atoms with Gasteiger partial charge in [0.05, 0.1) is 5.69 Å². The van der Waals surface area contributed by atoms with Crippen LogP contribution in [-0.4, -0.2) is 15.3 Å². The third-order valence-electron chi connectivity index (χ3n) is 2.23. The van der Waals surface area contributed by atoms with Crippen LogP contribution in [0.2, 0.25) is 0 Å². The number of thioether (sulfide) groups is 1. The van der Waals surface area contributed by atoms with Crippen LogP contribution in [0.1, 0.15) is 0 Å². The molecule has 2 rings (SSSR count). The molecule has 0 bridgehead atoms. The van der Waals surface area contributed by atoms with Crippen LogP contribution in [0.15, 0.2) is 63.5 Å². The fourth-order valence-electron chi connectivity index (χ4n) is 1.41. The molecular weight excluding hydrogens is 312 g/mol. The summed E-state index contributed by atoms with van der Waals surface area (Å²) in [5.74, 6) is 0.745. The fraction of sp³-hybridized carbons (Fsp3) is 0.0769. The Balaban J connectivity index is 2.32. The lowest BCUT2D eigenvalue weighted by atomic mass is 10.3. The maximum absolute atomic E-state index is 11.9. The third-order valence-corrected chi connectivity index (χ3v) is 3.69. The number of hydrogen-bond acceptors (Lipinski definition) is 3. The number of nitrogens with zero attached hydrogens (tertiary/aromatic N) is 2. The molecule has 0 atom stereocenters. The maximum Gasteiger partial charge on any atom is 0.353 e. The average Bonchev–Trinajstić information content (AvgIpc) is 2.38. The van der Waals surface area contributed by atoms with E-state index in [1.165, 1.54) is 16.3 Å². The molecule has 0 spiro atoms. The summed E-state index contributed by atoms with van der Waals surface area (Å²) < 4.78 is 2.50. The summed E-state index contributed by atoms with van der Waals surface area (Å²) in [6.45, 7) is 3.64. The Morgan fingerprint density at radius 2 is 2.06 bits per heavy atom. The van der Waals surface area contributed by atoms with Gasteiger partial charge in [-0.3, -0.25) is 4.57 Å². The van der Waals surface area contributed by atoms with E-state index in [0.29, 0.717) is 5.03 Å². The van der Waals surface area contributed by atoms with Crippen LogP contribution >= 0.6 is 27.7 Å². The number of aromatic nitrogens is 2. The van der Waals surface area contributed by atoms with Crippen molar-refractivity contribution in [1.29, 1.82) is 0 Å². The molecule has 18 heavy (non-hydrogen) atoms. The maximum atomic E-state index is 11.9. The van der Waals surface area contributed by atoms with Gasteiger partial charge in [-0.1, -0.05) is 22.0 Å². The zero-order valence-corrected chi connectivity index (χ0v) is 11.9. The lowest BCUT2D eigenvalue weighted by Gasteiger charge is -2.05. The van der Waals surface area contributed by atoms with E-state index in [4.69, 9.17) is 0 Å². The van der Waals surface area contributed by atoms with Crippen LogP contribution in [0.25, 0.3) is 5.69 Å². The van der Waals surface area contributed by atoms with Crippen LogP contribution in [0, 0.1) is 0 Å². The second-order valence-corrected chi connectivity index (χ2v) is 5.45. The number of hydrogen-bond donors (Lipinski definition) is 0.